The summed E-state index contributed by atoms with van der Waals surface area (Å²) in [6.07, 6.45) is 1.20. The van der Waals surface area contributed by atoms with Crippen molar-refractivity contribution in [3.63, 3.8) is 0 Å². The fourth-order valence-corrected chi connectivity index (χ4v) is 1.99. The average molecular weight is 260 g/mol. The number of aromatic nitrogens is 1. The Bertz CT molecular complexity index is 612. The summed E-state index contributed by atoms with van der Waals surface area (Å²) >= 11 is 0. The van der Waals surface area contributed by atoms with E-state index in [9.17, 15) is 9.90 Å². The molecule has 1 aromatic heterocycles. The van der Waals surface area contributed by atoms with Crippen LogP contribution in [0.4, 0.5) is 0 Å². The number of nitrogens with zero attached hydrogens (tertiary/aromatic N) is 1. The van der Waals surface area contributed by atoms with Crippen LogP contribution in [0.15, 0.2) is 30.5 Å². The topological polar surface area (TPSA) is 54.3 Å². The molecular weight excluding hydrogens is 240 g/mol. The van der Waals surface area contributed by atoms with Gasteiger partial charge in [0.25, 0.3) is 5.91 Å². The Morgan fingerprint density at radius 1 is 1.37 bits per heavy atom. The second-order valence-corrected chi connectivity index (χ2v) is 5.52. The molecule has 2 N–H and O–H groups in total. The zero-order chi connectivity index (χ0) is 14.2. The third-order valence-corrected chi connectivity index (χ3v) is 3.62. The smallest absolute Gasteiger partial charge is 0.253 e. The molecule has 102 valence electrons. The number of rotatable bonds is 3. The van der Waals surface area contributed by atoms with E-state index in [1.54, 1.807) is 20.8 Å². The van der Waals surface area contributed by atoms with Gasteiger partial charge in [-0.1, -0.05) is 18.2 Å². The molecule has 2 aromatic rings. The van der Waals surface area contributed by atoms with Crippen molar-refractivity contribution in [2.75, 3.05) is 0 Å². The summed E-state index contributed by atoms with van der Waals surface area (Å²) in [6.45, 7) is 5.28. The molecule has 1 atom stereocenters. The van der Waals surface area contributed by atoms with E-state index in [1.807, 2.05) is 42.1 Å². The van der Waals surface area contributed by atoms with E-state index < -0.39 is 11.6 Å². The van der Waals surface area contributed by atoms with Crippen LogP contribution < -0.4 is 5.32 Å². The minimum atomic E-state index is -0.659. The highest BCUT2D eigenvalue weighted by molar-refractivity contribution is 6.07. The first-order chi connectivity index (χ1) is 8.83. The number of nitrogens with one attached hydrogen (secondary N) is 1. The quantitative estimate of drug-likeness (QED) is 0.887. The van der Waals surface area contributed by atoms with Crippen molar-refractivity contribution in [1.29, 1.82) is 0 Å². The van der Waals surface area contributed by atoms with E-state index in [1.165, 1.54) is 0 Å². The van der Waals surface area contributed by atoms with Crippen LogP contribution in [-0.4, -0.2) is 27.2 Å². The van der Waals surface area contributed by atoms with E-state index in [2.05, 4.69) is 5.32 Å². The van der Waals surface area contributed by atoms with Gasteiger partial charge in [-0.05, 0) is 26.8 Å². The van der Waals surface area contributed by atoms with E-state index in [0.717, 1.165) is 10.9 Å². The molecule has 4 heteroatoms. The standard InChI is InChI=1S/C15H20N2O2/c1-10(18)15(2,3)16-14(19)12-9-17(4)13-8-6-5-7-11(12)13/h5-10,18H,1-4H3,(H,16,19). The third-order valence-electron chi connectivity index (χ3n) is 3.62. The van der Waals surface area contributed by atoms with Crippen molar-refractivity contribution in [3.8, 4) is 0 Å². The van der Waals surface area contributed by atoms with Crippen LogP contribution in [0.3, 0.4) is 0 Å². The molecule has 0 radical (unpaired) electrons. The van der Waals surface area contributed by atoms with Crippen molar-refractivity contribution < 1.29 is 9.90 Å². The van der Waals surface area contributed by atoms with Gasteiger partial charge in [0.15, 0.2) is 0 Å². The summed E-state index contributed by atoms with van der Waals surface area (Å²) in [5, 5.41) is 13.5. The molecule has 1 heterocycles. The Hall–Kier alpha value is -1.81. The molecule has 0 saturated heterocycles. The fraction of sp³-hybridized carbons (Fsp3) is 0.400. The monoisotopic (exact) mass is 260 g/mol. The van der Waals surface area contributed by atoms with E-state index in [4.69, 9.17) is 0 Å². The van der Waals surface area contributed by atoms with Gasteiger partial charge in [-0.3, -0.25) is 4.79 Å². The highest BCUT2D eigenvalue weighted by Crippen LogP contribution is 2.21. The largest absolute Gasteiger partial charge is 0.391 e. The molecule has 2 rings (SSSR count). The van der Waals surface area contributed by atoms with Crippen LogP contribution in [0.1, 0.15) is 31.1 Å². The number of aliphatic hydroxyl groups is 1. The minimum absolute atomic E-state index is 0.164. The van der Waals surface area contributed by atoms with Crippen LogP contribution >= 0.6 is 0 Å². The Balaban J connectivity index is 2.38. The molecule has 0 bridgehead atoms. The minimum Gasteiger partial charge on any atom is -0.391 e. The zero-order valence-corrected chi connectivity index (χ0v) is 11.8. The van der Waals surface area contributed by atoms with Gasteiger partial charge in [-0.15, -0.1) is 0 Å². The summed E-state index contributed by atoms with van der Waals surface area (Å²) in [4.78, 5) is 12.4. The van der Waals surface area contributed by atoms with Gasteiger partial charge in [-0.2, -0.15) is 0 Å². The van der Waals surface area contributed by atoms with Gasteiger partial charge in [0.2, 0.25) is 0 Å². The molecule has 1 aromatic carbocycles. The normalized spacial score (nSPS) is 13.5. The first-order valence-corrected chi connectivity index (χ1v) is 6.37. The van der Waals surface area contributed by atoms with E-state index >= 15 is 0 Å². The highest BCUT2D eigenvalue weighted by Gasteiger charge is 2.27. The molecule has 0 saturated carbocycles. The average Bonchev–Trinajstić information content (AvgIpc) is 2.67. The lowest BCUT2D eigenvalue weighted by Crippen LogP contribution is -2.50. The van der Waals surface area contributed by atoms with Crippen molar-refractivity contribution in [2.24, 2.45) is 7.05 Å². The van der Waals surface area contributed by atoms with Crippen LogP contribution in [-0.2, 0) is 7.05 Å². The number of para-hydroxylation sites is 1. The number of carbonyl (C=O) groups is 1. The van der Waals surface area contributed by atoms with Crippen molar-refractivity contribution >= 4 is 16.8 Å². The first kappa shape index (κ1) is 13.6. The maximum Gasteiger partial charge on any atom is 0.253 e. The highest BCUT2D eigenvalue weighted by atomic mass is 16.3. The summed E-state index contributed by atoms with van der Waals surface area (Å²) in [7, 11) is 1.92. The lowest BCUT2D eigenvalue weighted by atomic mass is 9.98. The predicted octanol–water partition coefficient (Wildman–Crippen LogP) is 2.07. The first-order valence-electron chi connectivity index (χ1n) is 6.37. The van der Waals surface area contributed by atoms with Crippen LogP contribution in [0, 0.1) is 0 Å². The zero-order valence-electron chi connectivity index (χ0n) is 11.8. The van der Waals surface area contributed by atoms with Gasteiger partial charge in [0, 0.05) is 24.1 Å². The summed E-state index contributed by atoms with van der Waals surface area (Å²) in [5.41, 5.74) is 0.989. The Morgan fingerprint density at radius 2 is 2.00 bits per heavy atom. The van der Waals surface area contributed by atoms with Crippen LogP contribution in [0.5, 0.6) is 0 Å². The Labute approximate surface area is 113 Å². The number of aliphatic hydroxyl groups excluding tert-OH is 1. The van der Waals surface area contributed by atoms with Gasteiger partial charge in [0.1, 0.15) is 0 Å². The Kier molecular flexibility index (Phi) is 3.37. The number of aryl methyl sites for hydroxylation is 1. The van der Waals surface area contributed by atoms with Gasteiger partial charge < -0.3 is 15.0 Å². The van der Waals surface area contributed by atoms with Gasteiger partial charge >= 0.3 is 0 Å². The maximum atomic E-state index is 12.4. The summed E-state index contributed by atoms with van der Waals surface area (Å²) < 4.78 is 1.93. The number of fused-ring (bicyclic) bond motifs is 1. The molecule has 1 amide bonds. The van der Waals surface area contributed by atoms with Crippen LogP contribution in [0.2, 0.25) is 0 Å². The van der Waals surface area contributed by atoms with E-state index in [0.29, 0.717) is 5.56 Å². The number of hydrogen-bond donors (Lipinski definition) is 2. The number of amides is 1. The Morgan fingerprint density at radius 3 is 2.63 bits per heavy atom. The number of hydrogen-bond acceptors (Lipinski definition) is 2. The summed E-state index contributed by atoms with van der Waals surface area (Å²) in [5.74, 6) is -0.164. The fourth-order valence-electron chi connectivity index (χ4n) is 1.99. The molecule has 19 heavy (non-hydrogen) atoms. The van der Waals surface area contributed by atoms with Crippen molar-refractivity contribution in [2.45, 2.75) is 32.4 Å². The second kappa shape index (κ2) is 4.70. The number of carbonyl (C=O) groups excluding carboxylic acids is 1. The van der Waals surface area contributed by atoms with Crippen LogP contribution in [0.25, 0.3) is 10.9 Å². The lowest BCUT2D eigenvalue weighted by Gasteiger charge is -2.29. The molecular formula is C15H20N2O2. The molecule has 0 aliphatic carbocycles. The van der Waals surface area contributed by atoms with Gasteiger partial charge in [0.05, 0.1) is 17.2 Å². The maximum absolute atomic E-state index is 12.4. The number of benzene rings is 1. The molecule has 0 aliphatic heterocycles. The molecule has 4 nitrogen and oxygen atoms in total. The molecule has 0 aliphatic rings. The van der Waals surface area contributed by atoms with Crippen molar-refractivity contribution in [3.05, 3.63) is 36.0 Å². The molecule has 0 spiro atoms. The van der Waals surface area contributed by atoms with Gasteiger partial charge in [-0.25, -0.2) is 0 Å². The van der Waals surface area contributed by atoms with E-state index in [-0.39, 0.29) is 5.91 Å². The summed E-state index contributed by atoms with van der Waals surface area (Å²) in [6, 6.07) is 7.77. The van der Waals surface area contributed by atoms with Crippen molar-refractivity contribution in [1.82, 2.24) is 9.88 Å². The molecule has 1 unspecified atom stereocenters. The second-order valence-electron chi connectivity index (χ2n) is 5.52. The molecule has 0 fully saturated rings. The lowest BCUT2D eigenvalue weighted by molar-refractivity contribution is 0.0710. The third kappa shape index (κ3) is 2.49. The SMILES string of the molecule is CC(O)C(C)(C)NC(=O)c1cn(C)c2ccccc12. The predicted molar refractivity (Wildman–Crippen MR) is 76.1 cm³/mol.